The first-order valence-electron chi connectivity index (χ1n) is 8.96. The Labute approximate surface area is 178 Å². The van der Waals surface area contributed by atoms with Crippen LogP contribution in [0.3, 0.4) is 0 Å². The average molecular weight is 435 g/mol. The van der Waals surface area contributed by atoms with Crippen LogP contribution < -0.4 is 10.9 Å². The van der Waals surface area contributed by atoms with E-state index < -0.39 is 0 Å². The van der Waals surface area contributed by atoms with E-state index in [9.17, 15) is 9.59 Å². The molecular weight excluding hydrogens is 420 g/mol. The van der Waals surface area contributed by atoms with Gasteiger partial charge in [0.1, 0.15) is 11.4 Å². The fraction of sp³-hybridized carbons (Fsp3) is 0.0500. The Bertz CT molecular complexity index is 1390. The highest BCUT2D eigenvalue weighted by atomic mass is 32.1. The quantitative estimate of drug-likeness (QED) is 0.457. The molecule has 148 valence electrons. The highest BCUT2D eigenvalue weighted by molar-refractivity contribution is 7.18. The van der Waals surface area contributed by atoms with Crippen molar-refractivity contribution in [2.24, 2.45) is 0 Å². The molecule has 0 fully saturated rings. The molecule has 0 spiro atoms. The van der Waals surface area contributed by atoms with Gasteiger partial charge in [-0.05, 0) is 29.6 Å². The van der Waals surface area contributed by atoms with Gasteiger partial charge in [-0.3, -0.25) is 14.2 Å². The van der Waals surface area contributed by atoms with E-state index in [0.29, 0.717) is 21.7 Å². The predicted octanol–water partition coefficient (Wildman–Crippen LogP) is 3.41. The van der Waals surface area contributed by atoms with Gasteiger partial charge < -0.3 is 5.32 Å². The molecule has 30 heavy (non-hydrogen) atoms. The largest absolute Gasteiger partial charge is 0.321 e. The van der Waals surface area contributed by atoms with Crippen molar-refractivity contribution in [1.82, 2.24) is 24.3 Å². The van der Waals surface area contributed by atoms with Gasteiger partial charge in [0, 0.05) is 34.4 Å². The molecule has 8 nitrogen and oxygen atoms in total. The minimum absolute atomic E-state index is 0.158. The van der Waals surface area contributed by atoms with Gasteiger partial charge in [-0.25, -0.2) is 14.6 Å². The highest BCUT2D eigenvalue weighted by Crippen LogP contribution is 2.33. The Balaban J connectivity index is 1.44. The maximum atomic E-state index is 13.1. The minimum Gasteiger partial charge on any atom is -0.321 e. The lowest BCUT2D eigenvalue weighted by Gasteiger charge is -2.11. The maximum absolute atomic E-state index is 13.1. The van der Waals surface area contributed by atoms with Crippen molar-refractivity contribution in [3.8, 4) is 16.3 Å². The standard InChI is InChI=1S/C20H14N6O2S2/c27-16(24-14-4-1-6-21-18(14)26-8-3-7-23-26)10-25-12-22-19-17(20(25)28)13(11-30-19)15-5-2-9-29-15/h1-9,11-12H,10H2,(H,24,27). The van der Waals surface area contributed by atoms with Crippen LogP contribution in [-0.4, -0.2) is 30.2 Å². The number of nitrogens with one attached hydrogen (secondary N) is 1. The molecule has 5 aromatic heterocycles. The lowest BCUT2D eigenvalue weighted by molar-refractivity contribution is -0.116. The van der Waals surface area contributed by atoms with Gasteiger partial charge in [-0.2, -0.15) is 5.10 Å². The van der Waals surface area contributed by atoms with E-state index in [0.717, 1.165) is 10.4 Å². The zero-order valence-electron chi connectivity index (χ0n) is 15.4. The Hall–Kier alpha value is -3.63. The second kappa shape index (κ2) is 7.65. The van der Waals surface area contributed by atoms with E-state index >= 15 is 0 Å². The molecule has 0 aromatic carbocycles. The van der Waals surface area contributed by atoms with Crippen molar-refractivity contribution in [3.05, 3.63) is 76.4 Å². The number of carbonyl (C=O) groups excluding carboxylic acids is 1. The van der Waals surface area contributed by atoms with E-state index in [4.69, 9.17) is 0 Å². The molecule has 5 rings (SSSR count). The van der Waals surface area contributed by atoms with E-state index in [-0.39, 0.29) is 18.0 Å². The van der Waals surface area contributed by atoms with Crippen molar-refractivity contribution in [1.29, 1.82) is 0 Å². The van der Waals surface area contributed by atoms with Crippen LogP contribution in [0.5, 0.6) is 0 Å². The van der Waals surface area contributed by atoms with Crippen LogP contribution in [0.2, 0.25) is 0 Å². The topological polar surface area (TPSA) is 94.7 Å². The second-order valence-corrected chi connectivity index (χ2v) is 8.16. The van der Waals surface area contributed by atoms with Gasteiger partial charge in [0.2, 0.25) is 5.91 Å². The summed E-state index contributed by atoms with van der Waals surface area (Å²) in [6.07, 6.45) is 6.41. The highest BCUT2D eigenvalue weighted by Gasteiger charge is 2.16. The van der Waals surface area contributed by atoms with Crippen LogP contribution >= 0.6 is 22.7 Å². The molecule has 0 saturated carbocycles. The molecule has 10 heteroatoms. The Morgan fingerprint density at radius 3 is 2.83 bits per heavy atom. The molecule has 0 saturated heterocycles. The smallest absolute Gasteiger partial charge is 0.263 e. The molecule has 1 N–H and O–H groups in total. The summed E-state index contributed by atoms with van der Waals surface area (Å²) in [6.45, 7) is -0.158. The van der Waals surface area contributed by atoms with Crippen molar-refractivity contribution in [3.63, 3.8) is 0 Å². The monoisotopic (exact) mass is 434 g/mol. The van der Waals surface area contributed by atoms with E-state index in [1.165, 1.54) is 22.2 Å². The summed E-state index contributed by atoms with van der Waals surface area (Å²) >= 11 is 2.98. The first-order valence-corrected chi connectivity index (χ1v) is 10.7. The van der Waals surface area contributed by atoms with Crippen LogP contribution in [0.1, 0.15) is 0 Å². The van der Waals surface area contributed by atoms with Gasteiger partial charge in [0.05, 0.1) is 17.4 Å². The van der Waals surface area contributed by atoms with E-state index in [1.807, 2.05) is 22.9 Å². The number of fused-ring (bicyclic) bond motifs is 1. The van der Waals surface area contributed by atoms with Crippen molar-refractivity contribution < 1.29 is 4.79 Å². The molecule has 0 aliphatic rings. The normalized spacial score (nSPS) is 11.1. The summed E-state index contributed by atoms with van der Waals surface area (Å²) in [5.74, 6) is 0.141. The molecule has 5 heterocycles. The summed E-state index contributed by atoms with van der Waals surface area (Å²) in [4.78, 5) is 36.1. The Kier molecular flexibility index (Phi) is 4.69. The van der Waals surface area contributed by atoms with Gasteiger partial charge in [0.25, 0.3) is 5.56 Å². The number of pyridine rings is 1. The third kappa shape index (κ3) is 3.31. The van der Waals surface area contributed by atoms with Crippen molar-refractivity contribution >= 4 is 44.5 Å². The first kappa shape index (κ1) is 18.4. The molecule has 0 atom stereocenters. The number of carbonyl (C=O) groups is 1. The summed E-state index contributed by atoms with van der Waals surface area (Å²) in [5.41, 5.74) is 1.12. The number of hydrogen-bond donors (Lipinski definition) is 1. The molecule has 0 bridgehead atoms. The first-order chi connectivity index (χ1) is 14.7. The summed E-state index contributed by atoms with van der Waals surface area (Å²) in [7, 11) is 0. The van der Waals surface area contributed by atoms with E-state index in [2.05, 4.69) is 20.4 Å². The molecule has 1 amide bonds. The average Bonchev–Trinajstić information content (AvgIpc) is 3.52. The molecule has 0 radical (unpaired) electrons. The summed E-state index contributed by atoms with van der Waals surface area (Å²) < 4.78 is 2.89. The fourth-order valence-corrected chi connectivity index (χ4v) is 4.83. The van der Waals surface area contributed by atoms with Crippen molar-refractivity contribution in [2.45, 2.75) is 6.54 Å². The van der Waals surface area contributed by atoms with Crippen molar-refractivity contribution in [2.75, 3.05) is 5.32 Å². The Morgan fingerprint density at radius 2 is 2.03 bits per heavy atom. The van der Waals surface area contributed by atoms with Crippen LogP contribution in [0.4, 0.5) is 5.69 Å². The fourth-order valence-electron chi connectivity index (χ4n) is 3.11. The van der Waals surface area contributed by atoms with Gasteiger partial charge in [-0.1, -0.05) is 6.07 Å². The number of hydrogen-bond acceptors (Lipinski definition) is 7. The third-order valence-electron chi connectivity index (χ3n) is 4.44. The summed E-state index contributed by atoms with van der Waals surface area (Å²) in [5, 5.41) is 11.4. The minimum atomic E-state index is -0.354. The van der Waals surface area contributed by atoms with Crippen LogP contribution in [0, 0.1) is 0 Å². The number of aromatic nitrogens is 5. The van der Waals surface area contributed by atoms with Crippen LogP contribution in [0.25, 0.3) is 26.5 Å². The number of thiophene rings is 2. The molecule has 5 aromatic rings. The molecular formula is C20H14N6O2S2. The number of nitrogens with zero attached hydrogens (tertiary/aromatic N) is 5. The Morgan fingerprint density at radius 1 is 1.10 bits per heavy atom. The SMILES string of the molecule is O=C(Cn1cnc2scc(-c3cccs3)c2c1=O)Nc1cccnc1-n1cccn1. The van der Waals surface area contributed by atoms with Gasteiger partial charge in [-0.15, -0.1) is 22.7 Å². The van der Waals surface area contributed by atoms with Gasteiger partial charge >= 0.3 is 0 Å². The summed E-state index contributed by atoms with van der Waals surface area (Å²) in [6, 6.07) is 9.14. The predicted molar refractivity (Wildman–Crippen MR) is 117 cm³/mol. The van der Waals surface area contributed by atoms with Crippen LogP contribution in [0.15, 0.2) is 70.8 Å². The lowest BCUT2D eigenvalue weighted by Crippen LogP contribution is -2.28. The zero-order chi connectivity index (χ0) is 20.5. The molecule has 0 aliphatic heterocycles. The molecule has 0 aliphatic carbocycles. The van der Waals surface area contributed by atoms with E-state index in [1.54, 1.807) is 52.8 Å². The number of rotatable bonds is 5. The number of anilines is 1. The number of amides is 1. The third-order valence-corrected chi connectivity index (χ3v) is 6.23. The molecule has 0 unspecified atom stereocenters. The lowest BCUT2D eigenvalue weighted by atomic mass is 10.2. The maximum Gasteiger partial charge on any atom is 0.263 e. The second-order valence-electron chi connectivity index (χ2n) is 6.36. The zero-order valence-corrected chi connectivity index (χ0v) is 17.1. The van der Waals surface area contributed by atoms with Gasteiger partial charge in [0.15, 0.2) is 5.82 Å². The van der Waals surface area contributed by atoms with Crippen LogP contribution in [-0.2, 0) is 11.3 Å².